The number of aryl methyl sites for hydroxylation is 2. The fourth-order valence-corrected chi connectivity index (χ4v) is 4.46. The molecule has 0 bridgehead atoms. The largest absolute Gasteiger partial charge is 0.482 e. The Bertz CT molecular complexity index is 1070. The number of ether oxygens (including phenoxy) is 1. The smallest absolute Gasteiger partial charge is 0.416 e. The van der Waals surface area contributed by atoms with Gasteiger partial charge in [-0.3, -0.25) is 0 Å². The summed E-state index contributed by atoms with van der Waals surface area (Å²) >= 11 is 1.32. The van der Waals surface area contributed by atoms with Crippen molar-refractivity contribution in [2.75, 3.05) is 6.61 Å². The SMILES string of the molecule is CCCc1ccc(C(Sc2ccc(OCC(=O)O)c(C)c2)c2cn[nH]n2)cc1C(F)(F)F. The minimum absolute atomic E-state index is 0.267. The number of thioether (sulfide) groups is 1. The standard InChI is InChI=1S/C22H22F3N3O3S/c1-3-4-14-5-6-15(10-17(14)22(23,24)25)21(18-11-26-28-27-18)32-16-7-8-19(13(2)9-16)31-12-20(29)30/h5-11,21H,3-4,12H2,1-2H3,(H,29,30)(H,26,27,28). The van der Waals surface area contributed by atoms with Gasteiger partial charge >= 0.3 is 12.1 Å². The zero-order valence-electron chi connectivity index (χ0n) is 17.4. The van der Waals surface area contributed by atoms with Gasteiger partial charge in [-0.2, -0.15) is 28.6 Å². The number of H-pyrrole nitrogens is 1. The highest BCUT2D eigenvalue weighted by Crippen LogP contribution is 2.43. The molecule has 0 radical (unpaired) electrons. The molecule has 0 aliphatic heterocycles. The van der Waals surface area contributed by atoms with Gasteiger partial charge < -0.3 is 9.84 Å². The second kappa shape index (κ2) is 10.1. The van der Waals surface area contributed by atoms with Crippen LogP contribution < -0.4 is 4.74 Å². The van der Waals surface area contributed by atoms with Gasteiger partial charge in [0, 0.05) is 4.90 Å². The van der Waals surface area contributed by atoms with Crippen LogP contribution in [0.5, 0.6) is 5.75 Å². The molecule has 0 fully saturated rings. The van der Waals surface area contributed by atoms with E-state index >= 15 is 0 Å². The van der Waals surface area contributed by atoms with E-state index in [0.717, 1.165) is 4.90 Å². The summed E-state index contributed by atoms with van der Waals surface area (Å²) in [6.07, 6.45) is -2.02. The van der Waals surface area contributed by atoms with E-state index in [1.165, 1.54) is 30.1 Å². The Kier molecular flexibility index (Phi) is 7.44. The number of rotatable bonds is 9. The first kappa shape index (κ1) is 23.6. The predicted molar refractivity (Wildman–Crippen MR) is 114 cm³/mol. The number of carboxylic acids is 1. The number of carbonyl (C=O) groups is 1. The molecule has 1 heterocycles. The average Bonchev–Trinajstić information content (AvgIpc) is 3.25. The van der Waals surface area contributed by atoms with Gasteiger partial charge in [0.2, 0.25) is 0 Å². The predicted octanol–water partition coefficient (Wildman–Crippen LogP) is 5.43. The Morgan fingerprint density at radius 1 is 1.25 bits per heavy atom. The van der Waals surface area contributed by atoms with Crippen LogP contribution in [0.25, 0.3) is 0 Å². The summed E-state index contributed by atoms with van der Waals surface area (Å²) < 4.78 is 46.4. The quantitative estimate of drug-likeness (QED) is 0.410. The van der Waals surface area contributed by atoms with E-state index in [1.54, 1.807) is 31.2 Å². The molecule has 0 amide bonds. The Hall–Kier alpha value is -3.01. The van der Waals surface area contributed by atoms with Crippen molar-refractivity contribution in [3.63, 3.8) is 0 Å². The molecule has 170 valence electrons. The summed E-state index contributed by atoms with van der Waals surface area (Å²) in [6.45, 7) is 3.15. The lowest BCUT2D eigenvalue weighted by Crippen LogP contribution is -2.11. The van der Waals surface area contributed by atoms with Crippen molar-refractivity contribution in [1.82, 2.24) is 15.4 Å². The van der Waals surface area contributed by atoms with Crippen molar-refractivity contribution >= 4 is 17.7 Å². The van der Waals surface area contributed by atoms with Crippen LogP contribution in [0, 0.1) is 6.92 Å². The van der Waals surface area contributed by atoms with E-state index in [9.17, 15) is 18.0 Å². The van der Waals surface area contributed by atoms with E-state index in [2.05, 4.69) is 15.4 Å². The molecule has 1 atom stereocenters. The minimum Gasteiger partial charge on any atom is -0.482 e. The summed E-state index contributed by atoms with van der Waals surface area (Å²) in [5.74, 6) is -0.654. The molecule has 0 saturated carbocycles. The van der Waals surface area contributed by atoms with Crippen LogP contribution in [0.2, 0.25) is 0 Å². The zero-order chi connectivity index (χ0) is 23.3. The third-order valence-electron chi connectivity index (χ3n) is 4.72. The number of benzene rings is 2. The Morgan fingerprint density at radius 3 is 2.62 bits per heavy atom. The number of hydrogen-bond acceptors (Lipinski definition) is 5. The van der Waals surface area contributed by atoms with Gasteiger partial charge in [0.05, 0.1) is 17.0 Å². The lowest BCUT2D eigenvalue weighted by atomic mass is 9.98. The molecule has 1 aromatic heterocycles. The Morgan fingerprint density at radius 2 is 2.03 bits per heavy atom. The molecule has 3 aromatic rings. The normalized spacial score (nSPS) is 12.5. The number of halogens is 3. The summed E-state index contributed by atoms with van der Waals surface area (Å²) in [5, 5.41) is 18.7. The lowest BCUT2D eigenvalue weighted by molar-refractivity contribution is -0.139. The van der Waals surface area contributed by atoms with E-state index in [0.29, 0.717) is 35.4 Å². The van der Waals surface area contributed by atoms with Crippen LogP contribution in [-0.4, -0.2) is 33.1 Å². The monoisotopic (exact) mass is 465 g/mol. The first-order valence-electron chi connectivity index (χ1n) is 9.86. The number of aromatic nitrogens is 3. The number of alkyl halides is 3. The maximum atomic E-state index is 13.7. The molecule has 10 heteroatoms. The third kappa shape index (κ3) is 5.82. The fourth-order valence-electron chi connectivity index (χ4n) is 3.28. The summed E-state index contributed by atoms with van der Waals surface area (Å²) in [4.78, 5) is 11.5. The topological polar surface area (TPSA) is 88.1 Å². The second-order valence-corrected chi connectivity index (χ2v) is 8.35. The van der Waals surface area contributed by atoms with Crippen molar-refractivity contribution in [3.8, 4) is 5.75 Å². The van der Waals surface area contributed by atoms with Gasteiger partial charge in [-0.1, -0.05) is 25.5 Å². The maximum Gasteiger partial charge on any atom is 0.416 e. The highest BCUT2D eigenvalue weighted by Gasteiger charge is 2.34. The van der Waals surface area contributed by atoms with Crippen molar-refractivity contribution in [2.24, 2.45) is 0 Å². The Balaban J connectivity index is 1.96. The molecule has 0 spiro atoms. The van der Waals surface area contributed by atoms with Crippen molar-refractivity contribution < 1.29 is 27.8 Å². The molecule has 2 aromatic carbocycles. The van der Waals surface area contributed by atoms with Gasteiger partial charge in [0.15, 0.2) is 6.61 Å². The van der Waals surface area contributed by atoms with E-state index in [4.69, 9.17) is 9.84 Å². The highest BCUT2D eigenvalue weighted by molar-refractivity contribution is 7.99. The average molecular weight is 465 g/mol. The molecule has 6 nitrogen and oxygen atoms in total. The lowest BCUT2D eigenvalue weighted by Gasteiger charge is -2.19. The Labute approximate surface area is 187 Å². The van der Waals surface area contributed by atoms with Crippen LogP contribution in [0.3, 0.4) is 0 Å². The van der Waals surface area contributed by atoms with Crippen LogP contribution >= 0.6 is 11.8 Å². The number of aliphatic carboxylic acids is 1. The number of nitrogens with one attached hydrogen (secondary N) is 1. The molecule has 0 saturated heterocycles. The highest BCUT2D eigenvalue weighted by atomic mass is 32.2. The number of aromatic amines is 1. The molecule has 0 aliphatic carbocycles. The van der Waals surface area contributed by atoms with Gasteiger partial charge in [-0.15, -0.1) is 11.8 Å². The van der Waals surface area contributed by atoms with Crippen LogP contribution in [0.15, 0.2) is 47.5 Å². The zero-order valence-corrected chi connectivity index (χ0v) is 18.3. The van der Waals surface area contributed by atoms with Gasteiger partial charge in [-0.25, -0.2) is 4.79 Å². The number of hydrogen-bond donors (Lipinski definition) is 2. The van der Waals surface area contributed by atoms with Crippen molar-refractivity contribution in [2.45, 2.75) is 43.0 Å². The van der Waals surface area contributed by atoms with Crippen LogP contribution in [0.1, 0.15) is 46.5 Å². The third-order valence-corrected chi connectivity index (χ3v) is 5.99. The van der Waals surface area contributed by atoms with Gasteiger partial charge in [0.25, 0.3) is 0 Å². The molecule has 3 rings (SSSR count). The molecular formula is C22H22F3N3O3S. The molecule has 1 unspecified atom stereocenters. The first-order valence-corrected chi connectivity index (χ1v) is 10.7. The number of nitrogens with zero attached hydrogens (tertiary/aromatic N) is 2. The van der Waals surface area contributed by atoms with E-state index < -0.39 is 29.6 Å². The minimum atomic E-state index is -4.46. The first-order chi connectivity index (χ1) is 15.2. The molecule has 32 heavy (non-hydrogen) atoms. The van der Waals surface area contributed by atoms with Crippen LogP contribution in [-0.2, 0) is 17.4 Å². The van der Waals surface area contributed by atoms with Crippen LogP contribution in [0.4, 0.5) is 13.2 Å². The second-order valence-electron chi connectivity index (χ2n) is 7.17. The maximum absolute atomic E-state index is 13.7. The van der Waals surface area contributed by atoms with E-state index in [1.807, 2.05) is 6.92 Å². The number of carboxylic acid groups (broad SMARTS) is 1. The fraction of sp³-hybridized carbons (Fsp3) is 0.318. The van der Waals surface area contributed by atoms with E-state index in [-0.39, 0.29) is 5.56 Å². The van der Waals surface area contributed by atoms with Crippen molar-refractivity contribution in [3.05, 3.63) is 70.5 Å². The molecule has 2 N–H and O–H groups in total. The molecule has 0 aliphatic rings. The van der Waals surface area contributed by atoms with Crippen molar-refractivity contribution in [1.29, 1.82) is 0 Å². The molecular weight excluding hydrogens is 443 g/mol. The summed E-state index contributed by atoms with van der Waals surface area (Å²) in [5.41, 5.74) is 1.29. The van der Waals surface area contributed by atoms with Gasteiger partial charge in [-0.05, 0) is 54.3 Å². The summed E-state index contributed by atoms with van der Waals surface area (Å²) in [7, 11) is 0. The summed E-state index contributed by atoms with van der Waals surface area (Å²) in [6, 6.07) is 9.59. The van der Waals surface area contributed by atoms with Gasteiger partial charge in [0.1, 0.15) is 11.4 Å².